The fourth-order valence-electron chi connectivity index (χ4n) is 2.25. The molecule has 6 heteroatoms. The lowest BCUT2D eigenvalue weighted by molar-refractivity contribution is -0.164. The molecular formula is C14H16FNO4. The van der Waals surface area contributed by atoms with Crippen molar-refractivity contribution in [2.24, 2.45) is 0 Å². The SMILES string of the molecule is COC(=O)[C@@]1(F)COC(C)(C)N1C(=O)c1ccccc1. The van der Waals surface area contributed by atoms with Crippen molar-refractivity contribution in [1.29, 1.82) is 0 Å². The molecule has 0 spiro atoms. The summed E-state index contributed by atoms with van der Waals surface area (Å²) in [6, 6.07) is 8.17. The van der Waals surface area contributed by atoms with Crippen LogP contribution in [0.2, 0.25) is 0 Å². The van der Waals surface area contributed by atoms with Gasteiger partial charge in [0.05, 0.1) is 7.11 Å². The zero-order valence-corrected chi connectivity index (χ0v) is 11.6. The van der Waals surface area contributed by atoms with Crippen LogP contribution in [-0.2, 0) is 14.3 Å². The molecule has 1 aliphatic heterocycles. The molecular weight excluding hydrogens is 265 g/mol. The number of carbonyl (C=O) groups is 2. The quantitative estimate of drug-likeness (QED) is 0.612. The van der Waals surface area contributed by atoms with E-state index in [1.54, 1.807) is 30.3 Å². The highest BCUT2D eigenvalue weighted by atomic mass is 19.1. The van der Waals surface area contributed by atoms with Crippen molar-refractivity contribution in [1.82, 2.24) is 4.90 Å². The number of alkyl halides is 1. The van der Waals surface area contributed by atoms with Gasteiger partial charge in [0.15, 0.2) is 0 Å². The summed E-state index contributed by atoms with van der Waals surface area (Å²) in [6.45, 7) is 2.50. The number of benzene rings is 1. The Morgan fingerprint density at radius 1 is 1.30 bits per heavy atom. The summed E-state index contributed by atoms with van der Waals surface area (Å²) in [5.74, 6) is -4.39. The van der Waals surface area contributed by atoms with Crippen LogP contribution in [0.3, 0.4) is 0 Å². The van der Waals surface area contributed by atoms with Crippen molar-refractivity contribution in [2.75, 3.05) is 13.7 Å². The third-order valence-electron chi connectivity index (χ3n) is 3.23. The summed E-state index contributed by atoms with van der Waals surface area (Å²) in [4.78, 5) is 25.0. The second-order valence-corrected chi connectivity index (χ2v) is 4.99. The van der Waals surface area contributed by atoms with E-state index in [9.17, 15) is 14.0 Å². The molecule has 0 aliphatic carbocycles. The molecule has 0 saturated carbocycles. The number of hydrogen-bond donors (Lipinski definition) is 0. The first-order chi connectivity index (χ1) is 9.33. The third kappa shape index (κ3) is 2.16. The monoisotopic (exact) mass is 281 g/mol. The van der Waals surface area contributed by atoms with E-state index in [-0.39, 0.29) is 5.56 Å². The van der Waals surface area contributed by atoms with Gasteiger partial charge >= 0.3 is 11.8 Å². The van der Waals surface area contributed by atoms with Crippen LogP contribution in [-0.4, -0.2) is 42.0 Å². The van der Waals surface area contributed by atoms with Crippen molar-refractivity contribution in [3.05, 3.63) is 35.9 Å². The molecule has 1 amide bonds. The smallest absolute Gasteiger partial charge is 0.367 e. The average molecular weight is 281 g/mol. The topological polar surface area (TPSA) is 55.8 Å². The normalized spacial score (nSPS) is 24.5. The predicted molar refractivity (Wildman–Crippen MR) is 68.5 cm³/mol. The molecule has 1 heterocycles. The predicted octanol–water partition coefficient (Wildman–Crippen LogP) is 1.73. The highest BCUT2D eigenvalue weighted by Gasteiger charge is 2.60. The molecule has 1 atom stereocenters. The van der Waals surface area contributed by atoms with Crippen LogP contribution in [0.15, 0.2) is 30.3 Å². The number of ether oxygens (including phenoxy) is 2. The Morgan fingerprint density at radius 3 is 2.45 bits per heavy atom. The average Bonchev–Trinajstić information content (AvgIpc) is 2.69. The molecule has 1 aliphatic rings. The molecule has 0 N–H and O–H groups in total. The van der Waals surface area contributed by atoms with Crippen LogP contribution in [0.25, 0.3) is 0 Å². The van der Waals surface area contributed by atoms with Gasteiger partial charge in [0.25, 0.3) is 5.91 Å². The zero-order chi connectivity index (χ0) is 15.0. The van der Waals surface area contributed by atoms with Gasteiger partial charge in [-0.1, -0.05) is 18.2 Å². The molecule has 1 aromatic carbocycles. The molecule has 108 valence electrons. The van der Waals surface area contributed by atoms with Gasteiger partial charge in [-0.3, -0.25) is 9.69 Å². The van der Waals surface area contributed by atoms with E-state index in [0.717, 1.165) is 12.0 Å². The van der Waals surface area contributed by atoms with E-state index in [1.165, 1.54) is 13.8 Å². The third-order valence-corrected chi connectivity index (χ3v) is 3.23. The summed E-state index contributed by atoms with van der Waals surface area (Å²) in [5.41, 5.74) is -0.965. The molecule has 20 heavy (non-hydrogen) atoms. The lowest BCUT2D eigenvalue weighted by Gasteiger charge is -2.35. The van der Waals surface area contributed by atoms with Crippen molar-refractivity contribution in [2.45, 2.75) is 25.4 Å². The van der Waals surface area contributed by atoms with E-state index >= 15 is 0 Å². The summed E-state index contributed by atoms with van der Waals surface area (Å²) in [5, 5.41) is 0. The first-order valence-electron chi connectivity index (χ1n) is 6.14. The Balaban J connectivity index is 2.44. The molecule has 0 unspecified atom stereocenters. The number of rotatable bonds is 2. The number of nitrogens with zero attached hydrogens (tertiary/aromatic N) is 1. The second-order valence-electron chi connectivity index (χ2n) is 4.99. The van der Waals surface area contributed by atoms with Gasteiger partial charge in [-0.25, -0.2) is 9.18 Å². The molecule has 5 nitrogen and oxygen atoms in total. The van der Waals surface area contributed by atoms with Gasteiger partial charge < -0.3 is 9.47 Å². The van der Waals surface area contributed by atoms with Gasteiger partial charge in [-0.15, -0.1) is 0 Å². The zero-order valence-electron chi connectivity index (χ0n) is 11.6. The van der Waals surface area contributed by atoms with Gasteiger partial charge in [0, 0.05) is 5.56 Å². The minimum absolute atomic E-state index is 0.275. The van der Waals surface area contributed by atoms with Crippen LogP contribution >= 0.6 is 0 Å². The Kier molecular flexibility index (Phi) is 3.52. The van der Waals surface area contributed by atoms with Gasteiger partial charge in [0.2, 0.25) is 0 Å². The van der Waals surface area contributed by atoms with Gasteiger partial charge in [-0.2, -0.15) is 0 Å². The van der Waals surface area contributed by atoms with Crippen molar-refractivity contribution in [3.63, 3.8) is 0 Å². The fourth-order valence-corrected chi connectivity index (χ4v) is 2.25. The van der Waals surface area contributed by atoms with Crippen molar-refractivity contribution >= 4 is 11.9 Å². The summed E-state index contributed by atoms with van der Waals surface area (Å²) < 4.78 is 24.6. The number of methoxy groups -OCH3 is 1. The number of carbonyl (C=O) groups excluding carboxylic acids is 2. The lowest BCUT2D eigenvalue weighted by atomic mass is 10.1. The molecule has 0 radical (unpaired) electrons. The van der Waals surface area contributed by atoms with Crippen LogP contribution < -0.4 is 0 Å². The number of hydrogen-bond acceptors (Lipinski definition) is 4. The molecule has 0 aromatic heterocycles. The van der Waals surface area contributed by atoms with Crippen LogP contribution in [0.4, 0.5) is 4.39 Å². The molecule has 0 bridgehead atoms. The second kappa shape index (κ2) is 4.86. The maximum atomic E-state index is 14.9. The molecule has 1 saturated heterocycles. The largest absolute Gasteiger partial charge is 0.465 e. The first kappa shape index (κ1) is 14.5. The Morgan fingerprint density at radius 2 is 1.90 bits per heavy atom. The molecule has 1 fully saturated rings. The standard InChI is InChI=1S/C14H16FNO4/c1-13(2)16(11(17)10-7-5-4-6-8-10)14(15,9-20-13)12(18)19-3/h4-8H,9H2,1-3H3/t14-/m1/s1. The Labute approximate surface area is 116 Å². The fraction of sp³-hybridized carbons (Fsp3) is 0.429. The van der Waals surface area contributed by atoms with Crippen molar-refractivity contribution in [3.8, 4) is 0 Å². The number of amides is 1. The van der Waals surface area contributed by atoms with E-state index in [4.69, 9.17) is 4.74 Å². The molecule has 1 aromatic rings. The highest BCUT2D eigenvalue weighted by Crippen LogP contribution is 2.38. The summed E-state index contributed by atoms with van der Waals surface area (Å²) in [7, 11) is 1.07. The molecule has 2 rings (SSSR count). The van der Waals surface area contributed by atoms with Crippen LogP contribution in [0.1, 0.15) is 24.2 Å². The van der Waals surface area contributed by atoms with E-state index in [1.807, 2.05) is 0 Å². The van der Waals surface area contributed by atoms with E-state index in [0.29, 0.717) is 0 Å². The van der Waals surface area contributed by atoms with Gasteiger partial charge in [0.1, 0.15) is 12.3 Å². The highest BCUT2D eigenvalue weighted by molar-refractivity contribution is 5.98. The van der Waals surface area contributed by atoms with Crippen molar-refractivity contribution < 1.29 is 23.5 Å². The Hall–Kier alpha value is -1.95. The minimum atomic E-state index is -2.62. The van der Waals surface area contributed by atoms with Crippen LogP contribution in [0.5, 0.6) is 0 Å². The maximum absolute atomic E-state index is 14.9. The number of halogens is 1. The van der Waals surface area contributed by atoms with E-state index in [2.05, 4.69) is 4.74 Å². The van der Waals surface area contributed by atoms with E-state index < -0.39 is 30.0 Å². The maximum Gasteiger partial charge on any atom is 0.367 e. The number of esters is 1. The first-order valence-corrected chi connectivity index (χ1v) is 6.14. The van der Waals surface area contributed by atoms with Crippen LogP contribution in [0, 0.1) is 0 Å². The minimum Gasteiger partial charge on any atom is -0.465 e. The Bertz CT molecular complexity index is 531. The lowest BCUT2D eigenvalue weighted by Crippen LogP contribution is -2.57. The summed E-state index contributed by atoms with van der Waals surface area (Å²) >= 11 is 0. The summed E-state index contributed by atoms with van der Waals surface area (Å²) in [6.07, 6.45) is 0. The van der Waals surface area contributed by atoms with Gasteiger partial charge in [-0.05, 0) is 26.0 Å².